The van der Waals surface area contributed by atoms with Gasteiger partial charge in [-0.2, -0.15) is 0 Å². The minimum absolute atomic E-state index is 0.508. The lowest BCUT2D eigenvalue weighted by molar-refractivity contribution is 0.294. The molecule has 1 rings (SSSR count). The Hall–Kier alpha value is 0.765. The van der Waals surface area contributed by atoms with E-state index in [0.717, 1.165) is 5.92 Å². The van der Waals surface area contributed by atoms with Crippen molar-refractivity contribution < 1.29 is 0 Å². The molecule has 1 aliphatic heterocycles. The first-order chi connectivity index (χ1) is 4.61. The molecule has 0 amide bonds. The van der Waals surface area contributed by atoms with Crippen LogP contribution in [0, 0.1) is 11.3 Å². The highest BCUT2D eigenvalue weighted by Gasteiger charge is 2.26. The van der Waals surface area contributed by atoms with Crippen molar-refractivity contribution in [3.05, 3.63) is 0 Å². The zero-order chi connectivity index (χ0) is 7.61. The van der Waals surface area contributed by atoms with Gasteiger partial charge in [-0.25, -0.2) is 23.2 Å². The molecule has 0 aromatic carbocycles. The molecule has 10 heavy (non-hydrogen) atoms. The van der Waals surface area contributed by atoms with Crippen LogP contribution < -0.4 is 0 Å². The topological polar surface area (TPSA) is 0 Å². The van der Waals surface area contributed by atoms with E-state index < -0.39 is 0 Å². The van der Waals surface area contributed by atoms with Gasteiger partial charge in [0.2, 0.25) is 0 Å². The molecule has 1 aliphatic rings. The largest absolute Gasteiger partial charge is 0.267 e. The first-order valence-corrected chi connectivity index (χ1v) is 5.75. The fourth-order valence-electron chi connectivity index (χ4n) is 0.907. The predicted octanol–water partition coefficient (Wildman–Crippen LogP) is 2.66. The molecule has 1 radical (unpaired) electrons. The van der Waals surface area contributed by atoms with Crippen LogP contribution in [0.2, 0.25) is 0 Å². The Morgan fingerprint density at radius 1 is 1.20 bits per heavy atom. The van der Waals surface area contributed by atoms with E-state index in [1.807, 2.05) is 23.2 Å². The molecule has 0 aromatic rings. The summed E-state index contributed by atoms with van der Waals surface area (Å²) in [5, 5.41) is 0. The molecule has 0 bridgehead atoms. The molecule has 0 aliphatic carbocycles. The summed E-state index contributed by atoms with van der Waals surface area (Å²) in [7, 11) is 0. The van der Waals surface area contributed by atoms with Crippen LogP contribution in [0.25, 0.3) is 0 Å². The summed E-state index contributed by atoms with van der Waals surface area (Å²) in [5.41, 5.74) is 0.508. The van der Waals surface area contributed by atoms with E-state index in [1.54, 1.807) is 0 Å². The summed E-state index contributed by atoms with van der Waals surface area (Å²) in [4.78, 5) is 0. The Morgan fingerprint density at radius 3 is 2.00 bits per heavy atom. The van der Waals surface area contributed by atoms with Crippen molar-refractivity contribution in [1.82, 2.24) is 0 Å². The van der Waals surface area contributed by atoms with Crippen molar-refractivity contribution in [1.29, 1.82) is 0 Å². The molecule has 1 heterocycles. The maximum atomic E-state index is 2.34. The number of hydrogen-bond donors (Lipinski definition) is 0. The second-order valence-electron chi connectivity index (χ2n) is 3.83. The zero-order valence-electron chi connectivity index (χ0n) is 6.89. The fraction of sp³-hybridized carbons (Fsp3) is 1.00. The average Bonchev–Trinajstić information content (AvgIpc) is 1.88. The van der Waals surface area contributed by atoms with Crippen LogP contribution in [0.1, 0.15) is 20.8 Å². The van der Waals surface area contributed by atoms with Crippen LogP contribution in [0.4, 0.5) is 0 Å². The highest BCUT2D eigenvalue weighted by atomic mass is 32.2. The minimum Gasteiger partial charge on any atom is -0.202 e. The van der Waals surface area contributed by atoms with Gasteiger partial charge in [0.25, 0.3) is 5.84 Å². The lowest BCUT2D eigenvalue weighted by Gasteiger charge is -2.32. The Balaban J connectivity index is 2.39. The molecule has 3 heteroatoms. The second kappa shape index (κ2) is 3.44. The molecule has 0 nitrogen and oxygen atoms in total. The summed E-state index contributed by atoms with van der Waals surface area (Å²) in [6, 6.07) is 0. The average molecular weight is 173 g/mol. The third kappa shape index (κ3) is 2.42. The van der Waals surface area contributed by atoms with Crippen molar-refractivity contribution in [2.75, 3.05) is 11.5 Å². The van der Waals surface area contributed by atoms with Crippen molar-refractivity contribution in [2.24, 2.45) is 11.3 Å². The molecular weight excluding hydrogens is 159 g/mol. The first kappa shape index (κ1) is 8.86. The highest BCUT2D eigenvalue weighted by molar-refractivity contribution is 8.50. The van der Waals surface area contributed by atoms with Crippen LogP contribution in [-0.4, -0.2) is 17.3 Å². The lowest BCUT2D eigenvalue weighted by Crippen LogP contribution is -2.27. The summed E-state index contributed by atoms with van der Waals surface area (Å²) in [5.74, 6) is 5.79. The number of rotatable bonds is 0. The minimum atomic E-state index is 0.508. The molecule has 0 aromatic heterocycles. The van der Waals surface area contributed by atoms with Gasteiger partial charge in [0, 0.05) is 0 Å². The predicted molar refractivity (Wildman–Crippen MR) is 53.6 cm³/mol. The quantitative estimate of drug-likeness (QED) is 0.516. The standard InChI is InChI=1S/C7H14BS2/c1-7(2,3)6-4-9-8-10-5-6/h6H,4-5H2,1-3H3. The molecule has 1 fully saturated rings. The van der Waals surface area contributed by atoms with E-state index in [-0.39, 0.29) is 0 Å². The van der Waals surface area contributed by atoms with Crippen LogP contribution in [-0.2, 0) is 0 Å². The molecule has 1 saturated heterocycles. The highest BCUT2D eigenvalue weighted by Crippen LogP contribution is 2.35. The van der Waals surface area contributed by atoms with Crippen molar-refractivity contribution >= 4 is 29.1 Å². The van der Waals surface area contributed by atoms with Gasteiger partial charge in [-0.15, -0.1) is 0 Å². The Bertz CT molecular complexity index is 103. The normalized spacial score (nSPS) is 22.3. The van der Waals surface area contributed by atoms with Gasteiger partial charge in [0.05, 0.1) is 0 Å². The third-order valence-electron chi connectivity index (χ3n) is 1.96. The summed E-state index contributed by atoms with van der Waals surface area (Å²) < 4.78 is 0. The SMILES string of the molecule is CC(C)(C)C1CS[B]SC1. The molecule has 0 spiro atoms. The van der Waals surface area contributed by atoms with Crippen molar-refractivity contribution in [3.8, 4) is 0 Å². The van der Waals surface area contributed by atoms with Crippen LogP contribution >= 0.6 is 23.2 Å². The van der Waals surface area contributed by atoms with Crippen LogP contribution in [0.15, 0.2) is 0 Å². The van der Waals surface area contributed by atoms with E-state index in [0.29, 0.717) is 5.41 Å². The van der Waals surface area contributed by atoms with Gasteiger partial charge in [-0.05, 0) is 22.8 Å². The van der Waals surface area contributed by atoms with Crippen molar-refractivity contribution in [3.63, 3.8) is 0 Å². The van der Waals surface area contributed by atoms with Gasteiger partial charge in [0.15, 0.2) is 0 Å². The molecule has 57 valence electrons. The van der Waals surface area contributed by atoms with E-state index in [2.05, 4.69) is 26.6 Å². The van der Waals surface area contributed by atoms with Gasteiger partial charge in [-0.3, -0.25) is 0 Å². The van der Waals surface area contributed by atoms with E-state index in [9.17, 15) is 0 Å². The van der Waals surface area contributed by atoms with Gasteiger partial charge < -0.3 is 0 Å². The Labute approximate surface area is 73.0 Å². The maximum Gasteiger partial charge on any atom is 0.267 e. The summed E-state index contributed by atoms with van der Waals surface area (Å²) in [6.45, 7) is 7.01. The molecule has 0 unspecified atom stereocenters. The summed E-state index contributed by atoms with van der Waals surface area (Å²) >= 11 is 3.94. The smallest absolute Gasteiger partial charge is 0.202 e. The molecule has 0 saturated carbocycles. The monoisotopic (exact) mass is 173 g/mol. The second-order valence-corrected chi connectivity index (χ2v) is 5.93. The van der Waals surface area contributed by atoms with Crippen molar-refractivity contribution in [2.45, 2.75) is 20.8 Å². The zero-order valence-corrected chi connectivity index (χ0v) is 8.52. The Morgan fingerprint density at radius 2 is 1.70 bits per heavy atom. The van der Waals surface area contributed by atoms with E-state index in [4.69, 9.17) is 0 Å². The third-order valence-corrected chi connectivity index (χ3v) is 4.23. The number of hydrogen-bond acceptors (Lipinski definition) is 2. The first-order valence-electron chi connectivity index (χ1n) is 3.65. The van der Waals surface area contributed by atoms with Gasteiger partial charge in [-0.1, -0.05) is 20.8 Å². The van der Waals surface area contributed by atoms with E-state index >= 15 is 0 Å². The van der Waals surface area contributed by atoms with Gasteiger partial charge in [0.1, 0.15) is 0 Å². The lowest BCUT2D eigenvalue weighted by atomic mass is 9.83. The maximum absolute atomic E-state index is 2.34. The fourth-order valence-corrected chi connectivity index (χ4v) is 3.77. The molecular formula is C7H14BS2. The summed E-state index contributed by atoms with van der Waals surface area (Å²) in [6.07, 6.45) is 0. The molecule has 0 atom stereocenters. The van der Waals surface area contributed by atoms with Crippen LogP contribution in [0.5, 0.6) is 0 Å². The van der Waals surface area contributed by atoms with Gasteiger partial charge >= 0.3 is 0 Å². The van der Waals surface area contributed by atoms with Crippen LogP contribution in [0.3, 0.4) is 0 Å². The van der Waals surface area contributed by atoms with E-state index in [1.165, 1.54) is 11.5 Å². The Kier molecular flexibility index (Phi) is 3.05. The molecule has 0 N–H and O–H groups in total.